The third-order valence-electron chi connectivity index (χ3n) is 7.22. The summed E-state index contributed by atoms with van der Waals surface area (Å²) in [5, 5.41) is 0.0327. The molecule has 16 heteroatoms. The van der Waals surface area contributed by atoms with E-state index in [0.29, 0.717) is 24.5 Å². The minimum Gasteiger partial charge on any atom is -0.320 e. The van der Waals surface area contributed by atoms with Crippen molar-refractivity contribution in [1.29, 1.82) is 0 Å². The van der Waals surface area contributed by atoms with Crippen LogP contribution in [0.3, 0.4) is 0 Å². The molecule has 0 heterocycles. The molecule has 0 aliphatic rings. The Labute approximate surface area is 348 Å². The number of ketones is 1. The molecule has 0 amide bonds. The van der Waals surface area contributed by atoms with Crippen molar-refractivity contribution < 1.29 is 31.9 Å². The van der Waals surface area contributed by atoms with Crippen LogP contribution in [0.4, 0.5) is 0 Å². The maximum atomic E-state index is 12.0. The Morgan fingerprint density at radius 2 is 1.02 bits per heavy atom. The highest BCUT2D eigenvalue weighted by molar-refractivity contribution is 8.69. The van der Waals surface area contributed by atoms with Gasteiger partial charge in [0.1, 0.15) is 5.78 Å². The van der Waals surface area contributed by atoms with Gasteiger partial charge in [-0.05, 0) is 111 Å². The zero-order chi connectivity index (χ0) is 39.6. The van der Waals surface area contributed by atoms with Gasteiger partial charge in [-0.25, -0.2) is 0 Å². The average molecular weight is 905 g/mol. The van der Waals surface area contributed by atoms with Crippen LogP contribution in [0.1, 0.15) is 172 Å². The standard InChI is InChI=1S/C36H75O7P3S6/c1-12-14-16-18-20-22-24-35(29-51-45(48,39-30(3)4)40-31(5)6)43-44(47,50-27-26-34(11)37)38-28-36(25-23-21-19-17-15-13-2)52-46(49,41-32(7)8)42-33(9)10/h30-33,35-36H,12-29H2,1-11H3. The van der Waals surface area contributed by atoms with E-state index in [-0.39, 0.29) is 41.6 Å². The van der Waals surface area contributed by atoms with Gasteiger partial charge in [0.25, 0.3) is 0 Å². The molecule has 0 saturated carbocycles. The van der Waals surface area contributed by atoms with E-state index in [1.807, 2.05) is 55.4 Å². The third-order valence-corrected chi connectivity index (χ3v) is 23.9. The maximum absolute atomic E-state index is 12.0. The number of unbranched alkanes of at least 4 members (excludes halogenated alkanes) is 10. The summed E-state index contributed by atoms with van der Waals surface area (Å²) in [5.41, 5.74) is -8.18. The topological polar surface area (TPSA) is 72.5 Å². The summed E-state index contributed by atoms with van der Waals surface area (Å²) in [5.74, 6) is 1.27. The molecule has 3 atom stereocenters. The van der Waals surface area contributed by atoms with Crippen LogP contribution in [-0.4, -0.2) is 59.7 Å². The van der Waals surface area contributed by atoms with E-state index < -0.39 is 17.1 Å². The van der Waals surface area contributed by atoms with Crippen molar-refractivity contribution in [2.24, 2.45) is 0 Å². The summed E-state index contributed by atoms with van der Waals surface area (Å²) in [6.07, 6.45) is 16.1. The van der Waals surface area contributed by atoms with Crippen LogP contribution < -0.4 is 0 Å². The van der Waals surface area contributed by atoms with Crippen molar-refractivity contribution in [2.75, 3.05) is 18.1 Å². The lowest BCUT2D eigenvalue weighted by atomic mass is 10.1. The van der Waals surface area contributed by atoms with Gasteiger partial charge in [0.15, 0.2) is 0 Å². The van der Waals surface area contributed by atoms with E-state index in [0.717, 1.165) is 38.5 Å². The molecule has 0 radical (unpaired) electrons. The fourth-order valence-corrected chi connectivity index (χ4v) is 22.8. The molecule has 0 aromatic heterocycles. The fraction of sp³-hybridized carbons (Fsp3) is 0.972. The molecule has 3 unspecified atom stereocenters. The molecule has 0 rings (SSSR count). The van der Waals surface area contributed by atoms with Gasteiger partial charge < -0.3 is 27.1 Å². The molecule has 0 spiro atoms. The Morgan fingerprint density at radius 1 is 0.577 bits per heavy atom. The second-order valence-electron chi connectivity index (χ2n) is 14.4. The lowest BCUT2D eigenvalue weighted by Gasteiger charge is -2.32. The second kappa shape index (κ2) is 31.4. The first-order chi connectivity index (χ1) is 24.4. The predicted octanol–water partition coefficient (Wildman–Crippen LogP) is 14.8. The van der Waals surface area contributed by atoms with Crippen LogP contribution in [0.15, 0.2) is 0 Å². The second-order valence-corrected chi connectivity index (χ2v) is 33.4. The average Bonchev–Trinajstić information content (AvgIpc) is 3.00. The summed E-state index contributed by atoms with van der Waals surface area (Å²) >= 11 is 23.1. The molecule has 0 aromatic rings. The Hall–Kier alpha value is 2.43. The van der Waals surface area contributed by atoms with Crippen molar-refractivity contribution in [3.05, 3.63) is 0 Å². The quantitative estimate of drug-likeness (QED) is 0.0443. The molecular formula is C36H75O7P3S6. The molecule has 7 nitrogen and oxygen atoms in total. The molecule has 0 bridgehead atoms. The zero-order valence-electron chi connectivity index (χ0n) is 34.3. The smallest absolute Gasteiger partial charge is 0.248 e. The summed E-state index contributed by atoms with van der Waals surface area (Å²) in [6.45, 7) is 22.5. The summed E-state index contributed by atoms with van der Waals surface area (Å²) in [7, 11) is 0. The molecule has 0 fully saturated rings. The van der Waals surface area contributed by atoms with E-state index in [4.69, 9.17) is 62.6 Å². The molecule has 312 valence electrons. The van der Waals surface area contributed by atoms with Crippen molar-refractivity contribution >= 4 is 92.4 Å². The van der Waals surface area contributed by atoms with E-state index in [2.05, 4.69) is 13.8 Å². The minimum atomic E-state index is -2.90. The maximum Gasteiger partial charge on any atom is 0.248 e. The highest BCUT2D eigenvalue weighted by atomic mass is 32.9. The molecule has 0 aliphatic heterocycles. The van der Waals surface area contributed by atoms with Crippen LogP contribution >= 0.6 is 51.2 Å². The third kappa shape index (κ3) is 30.5. The van der Waals surface area contributed by atoms with Gasteiger partial charge in [0, 0.05) is 23.2 Å². The van der Waals surface area contributed by atoms with Crippen molar-refractivity contribution in [2.45, 2.75) is 208 Å². The lowest BCUT2D eigenvalue weighted by Crippen LogP contribution is -2.18. The predicted molar refractivity (Wildman–Crippen MR) is 246 cm³/mol. The SMILES string of the molecule is CCCCCCCCC(CSP(=S)(OC(C)C)OC(C)C)OP(=S)(OCC(CCCCCCCC)SP(=S)(OC(C)C)OC(C)C)SCCC(C)=O. The number of hydrogen-bond donors (Lipinski definition) is 0. The highest BCUT2D eigenvalue weighted by Crippen LogP contribution is 2.68. The fourth-order valence-electron chi connectivity index (χ4n) is 4.94. The van der Waals surface area contributed by atoms with Crippen LogP contribution in [-0.2, 0) is 67.4 Å². The molecule has 0 saturated heterocycles. The Morgan fingerprint density at radius 3 is 1.48 bits per heavy atom. The van der Waals surface area contributed by atoms with Crippen LogP contribution in [0, 0.1) is 0 Å². The van der Waals surface area contributed by atoms with Gasteiger partial charge in [-0.1, -0.05) is 125 Å². The normalized spacial score (nSPS) is 15.2. The Bertz CT molecular complexity index is 1040. The first-order valence-corrected chi connectivity index (χ1v) is 32.3. The number of carbonyl (C=O) groups is 1. The first kappa shape index (κ1) is 54.4. The van der Waals surface area contributed by atoms with Gasteiger partial charge in [-0.3, -0.25) is 4.79 Å². The van der Waals surface area contributed by atoms with E-state index in [1.54, 1.807) is 29.7 Å². The first-order valence-electron chi connectivity index (χ1n) is 19.7. The summed E-state index contributed by atoms with van der Waals surface area (Å²) < 4.78 is 38.8. The number of rotatable bonds is 36. The Kier molecular flexibility index (Phi) is 32.8. The molecule has 52 heavy (non-hydrogen) atoms. The molecule has 0 N–H and O–H groups in total. The molecule has 0 aromatic carbocycles. The van der Waals surface area contributed by atoms with E-state index >= 15 is 0 Å². The van der Waals surface area contributed by atoms with Crippen LogP contribution in [0.2, 0.25) is 0 Å². The monoisotopic (exact) mass is 904 g/mol. The number of Topliss-reactive ketones (excluding diaryl/α,β-unsaturated/α-hetero) is 1. The van der Waals surface area contributed by atoms with Crippen molar-refractivity contribution in [3.63, 3.8) is 0 Å². The summed E-state index contributed by atoms with van der Waals surface area (Å²) in [6, 6.07) is 0. The summed E-state index contributed by atoms with van der Waals surface area (Å²) in [4.78, 5) is 12.0. The number of hydrogen-bond acceptors (Lipinski definition) is 13. The molecule has 0 aliphatic carbocycles. The number of carbonyl (C=O) groups excluding carboxylic acids is 1. The van der Waals surface area contributed by atoms with Crippen LogP contribution in [0.5, 0.6) is 0 Å². The van der Waals surface area contributed by atoms with E-state index in [9.17, 15) is 4.79 Å². The van der Waals surface area contributed by atoms with Crippen molar-refractivity contribution in [1.82, 2.24) is 0 Å². The minimum absolute atomic E-state index is 0.0327. The van der Waals surface area contributed by atoms with Gasteiger partial charge >= 0.3 is 0 Å². The van der Waals surface area contributed by atoms with Crippen molar-refractivity contribution in [3.8, 4) is 0 Å². The van der Waals surface area contributed by atoms with Crippen LogP contribution in [0.25, 0.3) is 0 Å². The van der Waals surface area contributed by atoms with Gasteiger partial charge in [0.05, 0.1) is 37.1 Å². The van der Waals surface area contributed by atoms with Gasteiger partial charge in [-0.2, -0.15) is 0 Å². The van der Waals surface area contributed by atoms with Gasteiger partial charge in [-0.15, -0.1) is 0 Å². The van der Waals surface area contributed by atoms with Gasteiger partial charge in [0.2, 0.25) is 17.1 Å². The Balaban J connectivity index is 6.33. The largest absolute Gasteiger partial charge is 0.320 e. The van der Waals surface area contributed by atoms with E-state index in [1.165, 1.54) is 62.7 Å². The zero-order valence-corrected chi connectivity index (χ0v) is 41.9. The molecular weight excluding hydrogens is 830 g/mol. The lowest BCUT2D eigenvalue weighted by molar-refractivity contribution is -0.116. The highest BCUT2D eigenvalue weighted by Gasteiger charge is 2.33.